The zero-order valence-corrected chi connectivity index (χ0v) is 4.70. The van der Waals surface area contributed by atoms with E-state index in [9.17, 15) is 0 Å². The normalized spacial score (nSPS) is 10.2. The van der Waals surface area contributed by atoms with Gasteiger partial charge in [0.15, 0.2) is 0 Å². The van der Waals surface area contributed by atoms with Crippen molar-refractivity contribution in [2.75, 3.05) is 0 Å². The number of aromatic nitrogens is 3. The SMILES string of the molecule is c1cc2cncc-2n[nH]1. The van der Waals surface area contributed by atoms with E-state index in [0.717, 1.165) is 11.3 Å². The third-order valence-electron chi connectivity index (χ3n) is 1.23. The minimum Gasteiger partial charge on any atom is -0.285 e. The van der Waals surface area contributed by atoms with Gasteiger partial charge in [0.05, 0.1) is 6.20 Å². The van der Waals surface area contributed by atoms with Crippen LogP contribution in [0.15, 0.2) is 24.7 Å². The van der Waals surface area contributed by atoms with Crippen molar-refractivity contribution in [2.24, 2.45) is 0 Å². The predicted molar refractivity (Wildman–Crippen MR) is 33.0 cm³/mol. The quantitative estimate of drug-likeness (QED) is 0.560. The molecule has 0 aromatic rings. The highest BCUT2D eigenvalue weighted by Gasteiger charge is 1.99. The van der Waals surface area contributed by atoms with Gasteiger partial charge < -0.3 is 0 Å². The predicted octanol–water partition coefficient (Wildman–Crippen LogP) is 0.909. The summed E-state index contributed by atoms with van der Waals surface area (Å²) in [6.45, 7) is 0. The number of nitrogens with one attached hydrogen (secondary N) is 1. The van der Waals surface area contributed by atoms with Gasteiger partial charge in [-0.3, -0.25) is 10.1 Å². The number of fused-ring (bicyclic) bond motifs is 1. The molecule has 3 heteroatoms. The van der Waals surface area contributed by atoms with Gasteiger partial charge in [0.1, 0.15) is 5.69 Å². The second-order valence-corrected chi connectivity index (χ2v) is 1.82. The molecule has 0 saturated heterocycles. The molecule has 0 spiro atoms. The lowest BCUT2D eigenvalue weighted by atomic mass is 10.3. The number of H-pyrrole nitrogens is 1. The minimum absolute atomic E-state index is 0.914. The van der Waals surface area contributed by atoms with E-state index in [4.69, 9.17) is 0 Å². The largest absolute Gasteiger partial charge is 0.285 e. The van der Waals surface area contributed by atoms with Crippen LogP contribution in [0, 0.1) is 0 Å². The summed E-state index contributed by atoms with van der Waals surface area (Å²) in [5.41, 5.74) is 1.99. The smallest absolute Gasteiger partial charge is 0.110 e. The van der Waals surface area contributed by atoms with Crippen molar-refractivity contribution >= 4 is 0 Å². The Morgan fingerprint density at radius 3 is 3.22 bits per heavy atom. The molecule has 0 aliphatic carbocycles. The first-order valence-corrected chi connectivity index (χ1v) is 2.70. The van der Waals surface area contributed by atoms with Crippen molar-refractivity contribution in [1.29, 1.82) is 0 Å². The van der Waals surface area contributed by atoms with Crippen LogP contribution in [-0.4, -0.2) is 15.2 Å². The first kappa shape index (κ1) is 4.49. The van der Waals surface area contributed by atoms with E-state index in [1.54, 1.807) is 18.6 Å². The number of hydrogen-bond donors (Lipinski definition) is 1. The van der Waals surface area contributed by atoms with Crippen LogP contribution in [0.5, 0.6) is 0 Å². The molecule has 2 aliphatic rings. The van der Waals surface area contributed by atoms with Crippen molar-refractivity contribution in [3.63, 3.8) is 0 Å². The van der Waals surface area contributed by atoms with Gasteiger partial charge in [-0.1, -0.05) is 0 Å². The number of aromatic amines is 1. The van der Waals surface area contributed by atoms with Crippen LogP contribution in [0.25, 0.3) is 11.3 Å². The van der Waals surface area contributed by atoms with Crippen LogP contribution < -0.4 is 0 Å². The maximum absolute atomic E-state index is 3.95. The minimum atomic E-state index is 0.914. The van der Waals surface area contributed by atoms with E-state index in [1.807, 2.05) is 6.07 Å². The van der Waals surface area contributed by atoms with E-state index in [2.05, 4.69) is 15.2 Å². The molecule has 1 N–H and O–H groups in total. The fraction of sp³-hybridized carbons (Fsp3) is 0. The Morgan fingerprint density at radius 2 is 2.33 bits per heavy atom. The summed E-state index contributed by atoms with van der Waals surface area (Å²) in [6.07, 6.45) is 5.30. The monoisotopic (exact) mass is 119 g/mol. The molecule has 0 aromatic heterocycles. The van der Waals surface area contributed by atoms with Gasteiger partial charge in [0.2, 0.25) is 0 Å². The lowest BCUT2D eigenvalue weighted by Gasteiger charge is -1.90. The first-order chi connectivity index (χ1) is 4.47. The second kappa shape index (κ2) is 1.55. The van der Waals surface area contributed by atoms with E-state index in [0.29, 0.717) is 0 Å². The lowest BCUT2D eigenvalue weighted by molar-refractivity contribution is 1.04. The van der Waals surface area contributed by atoms with Gasteiger partial charge in [-0.2, -0.15) is 5.10 Å². The highest BCUT2D eigenvalue weighted by atomic mass is 15.1. The Hall–Kier alpha value is -1.38. The van der Waals surface area contributed by atoms with Crippen LogP contribution in [0.2, 0.25) is 0 Å². The van der Waals surface area contributed by atoms with Crippen LogP contribution in [-0.2, 0) is 0 Å². The summed E-state index contributed by atoms with van der Waals surface area (Å²) in [6, 6.07) is 1.94. The Balaban J connectivity index is 2.79. The molecule has 0 saturated carbocycles. The van der Waals surface area contributed by atoms with E-state index < -0.39 is 0 Å². The molecule has 0 radical (unpaired) electrons. The Morgan fingerprint density at radius 1 is 1.33 bits per heavy atom. The average Bonchev–Trinajstić information content (AvgIpc) is 2.33. The Labute approximate surface area is 52.1 Å². The molecule has 3 nitrogen and oxygen atoms in total. The highest BCUT2D eigenvalue weighted by Crippen LogP contribution is 2.14. The van der Waals surface area contributed by atoms with Gasteiger partial charge in [0.25, 0.3) is 0 Å². The van der Waals surface area contributed by atoms with Crippen LogP contribution in [0.1, 0.15) is 0 Å². The van der Waals surface area contributed by atoms with Crippen molar-refractivity contribution in [2.45, 2.75) is 0 Å². The molecule has 0 aromatic carbocycles. The third kappa shape index (κ3) is 0.579. The molecule has 2 heterocycles. The number of nitrogens with zero attached hydrogens (tertiary/aromatic N) is 2. The fourth-order valence-electron chi connectivity index (χ4n) is 0.785. The molecule has 0 fully saturated rings. The fourth-order valence-corrected chi connectivity index (χ4v) is 0.785. The van der Waals surface area contributed by atoms with Gasteiger partial charge in [0, 0.05) is 18.0 Å². The number of hydrogen-bond acceptors (Lipinski definition) is 2. The Kier molecular flexibility index (Phi) is 0.773. The zero-order chi connectivity index (χ0) is 6.10. The van der Waals surface area contributed by atoms with Crippen molar-refractivity contribution < 1.29 is 0 Å². The van der Waals surface area contributed by atoms with Crippen LogP contribution in [0.4, 0.5) is 0 Å². The van der Waals surface area contributed by atoms with E-state index in [-0.39, 0.29) is 0 Å². The average molecular weight is 119 g/mol. The molecule has 0 unspecified atom stereocenters. The first-order valence-electron chi connectivity index (χ1n) is 2.70. The molecule has 2 rings (SSSR count). The standard InChI is InChI=1S/C6H5N3/c1-2-8-9-6-4-7-3-5(1)6/h1-4,8H. The van der Waals surface area contributed by atoms with Crippen LogP contribution in [0.3, 0.4) is 0 Å². The summed E-state index contributed by atoms with van der Waals surface area (Å²) in [5, 5.41) is 6.69. The van der Waals surface area contributed by atoms with Gasteiger partial charge >= 0.3 is 0 Å². The van der Waals surface area contributed by atoms with Gasteiger partial charge in [-0.25, -0.2) is 0 Å². The molecular weight excluding hydrogens is 114 g/mol. The molecule has 9 heavy (non-hydrogen) atoms. The summed E-state index contributed by atoms with van der Waals surface area (Å²) in [4.78, 5) is 3.92. The van der Waals surface area contributed by atoms with Crippen molar-refractivity contribution in [3.05, 3.63) is 24.7 Å². The second-order valence-electron chi connectivity index (χ2n) is 1.82. The van der Waals surface area contributed by atoms with Crippen molar-refractivity contribution in [3.8, 4) is 11.3 Å². The Bertz CT molecular complexity index is 248. The molecule has 0 amide bonds. The molecule has 0 bridgehead atoms. The maximum Gasteiger partial charge on any atom is 0.110 e. The summed E-state index contributed by atoms with van der Waals surface area (Å²) in [7, 11) is 0. The number of rotatable bonds is 0. The molecular formula is C6H5N3. The van der Waals surface area contributed by atoms with Crippen LogP contribution >= 0.6 is 0 Å². The topological polar surface area (TPSA) is 41.6 Å². The van der Waals surface area contributed by atoms with Gasteiger partial charge in [-0.05, 0) is 6.07 Å². The van der Waals surface area contributed by atoms with Gasteiger partial charge in [-0.15, -0.1) is 0 Å². The molecule has 0 atom stereocenters. The van der Waals surface area contributed by atoms with E-state index in [1.165, 1.54) is 0 Å². The molecule has 44 valence electrons. The summed E-state index contributed by atoms with van der Waals surface area (Å²) in [5.74, 6) is 0. The maximum atomic E-state index is 3.95. The van der Waals surface area contributed by atoms with E-state index >= 15 is 0 Å². The molecule has 2 aliphatic heterocycles. The lowest BCUT2D eigenvalue weighted by Crippen LogP contribution is -1.81. The summed E-state index contributed by atoms with van der Waals surface area (Å²) < 4.78 is 0. The third-order valence-corrected chi connectivity index (χ3v) is 1.23. The summed E-state index contributed by atoms with van der Waals surface area (Å²) >= 11 is 0. The highest BCUT2D eigenvalue weighted by molar-refractivity contribution is 5.57. The zero-order valence-electron chi connectivity index (χ0n) is 4.70. The van der Waals surface area contributed by atoms with Crippen molar-refractivity contribution in [1.82, 2.24) is 15.2 Å².